The van der Waals surface area contributed by atoms with Crippen LogP contribution in [0.1, 0.15) is 11.3 Å². The van der Waals surface area contributed by atoms with Crippen molar-refractivity contribution in [2.45, 2.75) is 13.0 Å². The van der Waals surface area contributed by atoms with Crippen LogP contribution in [0.15, 0.2) is 65.8 Å². The minimum atomic E-state index is -0.0547. The van der Waals surface area contributed by atoms with Gasteiger partial charge in [-0.25, -0.2) is 19.9 Å². The summed E-state index contributed by atoms with van der Waals surface area (Å²) in [6.07, 6.45) is 5.99. The number of nitrogens with one attached hydrogen (secondary N) is 2. The van der Waals surface area contributed by atoms with Crippen molar-refractivity contribution in [2.75, 3.05) is 48.0 Å². The molecular weight excluding hydrogens is 456 g/mol. The number of H-pyrrole nitrogens is 1. The van der Waals surface area contributed by atoms with Crippen molar-refractivity contribution >= 4 is 23.3 Å². The molecule has 182 valence electrons. The van der Waals surface area contributed by atoms with E-state index in [2.05, 4.69) is 30.1 Å². The zero-order valence-corrected chi connectivity index (χ0v) is 19.7. The van der Waals surface area contributed by atoms with Crippen LogP contribution in [0.3, 0.4) is 0 Å². The summed E-state index contributed by atoms with van der Waals surface area (Å²) in [7, 11) is 0. The molecule has 2 aliphatic rings. The molecule has 0 saturated carbocycles. The Balaban J connectivity index is 1.33. The van der Waals surface area contributed by atoms with Gasteiger partial charge >= 0.3 is 0 Å². The molecule has 5 heterocycles. The SMILES string of the molecule is O=c1cc[nH]c(Nc2ccc(-c3nc4c(c(N5CCOCC5)n3)CCN(c3ncccn3)C4)cc2)c1. The number of fused-ring (bicyclic) bond motifs is 1. The topological polar surface area (TPSA) is 112 Å². The number of pyridine rings is 1. The zero-order valence-electron chi connectivity index (χ0n) is 19.7. The molecule has 4 aromatic rings. The molecule has 0 spiro atoms. The first kappa shape index (κ1) is 22.2. The molecule has 0 aliphatic carbocycles. The van der Waals surface area contributed by atoms with E-state index in [0.717, 1.165) is 48.8 Å². The number of nitrogens with zero attached hydrogens (tertiary/aromatic N) is 6. The van der Waals surface area contributed by atoms with E-state index in [-0.39, 0.29) is 5.43 Å². The van der Waals surface area contributed by atoms with Crippen molar-refractivity contribution < 1.29 is 4.74 Å². The standard InChI is InChI=1S/C26H26N8O2/c35-20-6-10-27-23(16-20)30-19-4-2-18(3-5-19)24-31-22-17-34(26-28-8-1-9-29-26)11-7-21(22)25(32-24)33-12-14-36-15-13-33/h1-6,8-10,16H,7,11-15,17H2,(H2,27,30,35). The van der Waals surface area contributed by atoms with Gasteiger partial charge in [-0.1, -0.05) is 0 Å². The monoisotopic (exact) mass is 482 g/mol. The van der Waals surface area contributed by atoms with Gasteiger partial charge in [0.2, 0.25) is 5.95 Å². The highest BCUT2D eigenvalue weighted by atomic mass is 16.5. The Morgan fingerprint density at radius 2 is 1.75 bits per heavy atom. The average Bonchev–Trinajstić information content (AvgIpc) is 2.93. The first-order valence-electron chi connectivity index (χ1n) is 12.0. The highest BCUT2D eigenvalue weighted by Crippen LogP contribution is 2.31. The molecule has 10 nitrogen and oxygen atoms in total. The lowest BCUT2D eigenvalue weighted by Crippen LogP contribution is -2.39. The van der Waals surface area contributed by atoms with Gasteiger partial charge in [0.05, 0.1) is 25.5 Å². The minimum absolute atomic E-state index is 0.0547. The molecular formula is C26H26N8O2. The summed E-state index contributed by atoms with van der Waals surface area (Å²) < 4.78 is 5.59. The fourth-order valence-corrected chi connectivity index (χ4v) is 4.58. The number of hydrogen-bond donors (Lipinski definition) is 2. The summed E-state index contributed by atoms with van der Waals surface area (Å²) in [5.74, 6) is 3.03. The van der Waals surface area contributed by atoms with E-state index in [0.29, 0.717) is 37.3 Å². The Morgan fingerprint density at radius 1 is 0.944 bits per heavy atom. The van der Waals surface area contributed by atoms with Gasteiger partial charge in [-0.2, -0.15) is 0 Å². The van der Waals surface area contributed by atoms with Crippen molar-refractivity contribution in [3.8, 4) is 11.4 Å². The number of hydrogen-bond acceptors (Lipinski definition) is 9. The normalized spacial score (nSPS) is 15.4. The minimum Gasteiger partial charge on any atom is -0.378 e. The van der Waals surface area contributed by atoms with E-state index < -0.39 is 0 Å². The van der Waals surface area contributed by atoms with Crippen LogP contribution in [0.5, 0.6) is 0 Å². The molecule has 0 radical (unpaired) electrons. The number of benzene rings is 1. The molecule has 6 rings (SSSR count). The molecule has 1 fully saturated rings. The van der Waals surface area contributed by atoms with Gasteiger partial charge < -0.3 is 24.8 Å². The Kier molecular flexibility index (Phi) is 6.00. The molecule has 0 amide bonds. The van der Waals surface area contributed by atoms with E-state index in [9.17, 15) is 4.79 Å². The van der Waals surface area contributed by atoms with Crippen LogP contribution in [-0.4, -0.2) is 57.8 Å². The van der Waals surface area contributed by atoms with Crippen molar-refractivity contribution in [2.24, 2.45) is 0 Å². The average molecular weight is 483 g/mol. The fraction of sp³-hybridized carbons (Fsp3) is 0.269. The van der Waals surface area contributed by atoms with Crippen LogP contribution >= 0.6 is 0 Å². The molecule has 2 N–H and O–H groups in total. The fourth-order valence-electron chi connectivity index (χ4n) is 4.58. The van der Waals surface area contributed by atoms with E-state index in [1.165, 1.54) is 17.7 Å². The lowest BCUT2D eigenvalue weighted by molar-refractivity contribution is 0.122. The third-order valence-corrected chi connectivity index (χ3v) is 6.38. The van der Waals surface area contributed by atoms with E-state index in [1.807, 2.05) is 30.3 Å². The summed E-state index contributed by atoms with van der Waals surface area (Å²) in [5, 5.41) is 3.22. The lowest BCUT2D eigenvalue weighted by Gasteiger charge is -2.34. The molecule has 36 heavy (non-hydrogen) atoms. The largest absolute Gasteiger partial charge is 0.378 e. The lowest BCUT2D eigenvalue weighted by atomic mass is 10.0. The third kappa shape index (κ3) is 4.63. The summed E-state index contributed by atoms with van der Waals surface area (Å²) in [5.41, 5.74) is 3.93. The van der Waals surface area contributed by atoms with Gasteiger partial charge in [-0.15, -0.1) is 0 Å². The third-order valence-electron chi connectivity index (χ3n) is 6.38. The smallest absolute Gasteiger partial charge is 0.225 e. The second-order valence-corrected chi connectivity index (χ2v) is 8.76. The number of morpholine rings is 1. The summed E-state index contributed by atoms with van der Waals surface area (Å²) in [4.78, 5) is 38.0. The summed E-state index contributed by atoms with van der Waals surface area (Å²) >= 11 is 0. The van der Waals surface area contributed by atoms with Crippen LogP contribution in [0.2, 0.25) is 0 Å². The Labute approximate surface area is 208 Å². The Hall–Kier alpha value is -4.31. The number of ether oxygens (including phenoxy) is 1. The molecule has 10 heteroatoms. The van der Waals surface area contributed by atoms with Crippen molar-refractivity contribution in [1.29, 1.82) is 0 Å². The second kappa shape index (κ2) is 9.74. The van der Waals surface area contributed by atoms with Crippen LogP contribution in [0.4, 0.5) is 23.3 Å². The van der Waals surface area contributed by atoms with Gasteiger partial charge in [-0.3, -0.25) is 4.79 Å². The number of anilines is 4. The molecule has 1 saturated heterocycles. The van der Waals surface area contributed by atoms with Gasteiger partial charge in [0.15, 0.2) is 11.3 Å². The highest BCUT2D eigenvalue weighted by Gasteiger charge is 2.27. The predicted molar refractivity (Wildman–Crippen MR) is 138 cm³/mol. The summed E-state index contributed by atoms with van der Waals surface area (Å²) in [6, 6.07) is 12.7. The quantitative estimate of drug-likeness (QED) is 0.443. The highest BCUT2D eigenvalue weighted by molar-refractivity contribution is 5.66. The Morgan fingerprint density at radius 3 is 2.53 bits per heavy atom. The maximum atomic E-state index is 11.6. The predicted octanol–water partition coefficient (Wildman–Crippen LogP) is 2.76. The van der Waals surface area contributed by atoms with Crippen LogP contribution in [0, 0.1) is 0 Å². The van der Waals surface area contributed by atoms with Crippen LogP contribution in [0.25, 0.3) is 11.4 Å². The number of aromatic nitrogens is 5. The van der Waals surface area contributed by atoms with E-state index in [4.69, 9.17) is 14.7 Å². The second-order valence-electron chi connectivity index (χ2n) is 8.76. The molecule has 3 aromatic heterocycles. The first-order valence-corrected chi connectivity index (χ1v) is 12.0. The zero-order chi connectivity index (χ0) is 24.3. The van der Waals surface area contributed by atoms with Crippen molar-refractivity contribution in [3.05, 3.63) is 82.5 Å². The van der Waals surface area contributed by atoms with Gasteiger partial charge in [0.1, 0.15) is 11.6 Å². The first-order chi connectivity index (χ1) is 17.7. The van der Waals surface area contributed by atoms with Crippen LogP contribution in [-0.2, 0) is 17.7 Å². The Bertz CT molecular complexity index is 1400. The molecule has 2 aliphatic heterocycles. The maximum Gasteiger partial charge on any atom is 0.225 e. The molecule has 0 atom stereocenters. The van der Waals surface area contributed by atoms with Crippen molar-refractivity contribution in [3.63, 3.8) is 0 Å². The van der Waals surface area contributed by atoms with E-state index >= 15 is 0 Å². The molecule has 0 unspecified atom stereocenters. The maximum absolute atomic E-state index is 11.6. The van der Waals surface area contributed by atoms with Crippen LogP contribution < -0.4 is 20.5 Å². The van der Waals surface area contributed by atoms with Gasteiger partial charge in [0.25, 0.3) is 0 Å². The number of rotatable bonds is 5. The van der Waals surface area contributed by atoms with E-state index in [1.54, 1.807) is 18.6 Å². The summed E-state index contributed by atoms with van der Waals surface area (Å²) in [6.45, 7) is 4.46. The van der Waals surface area contributed by atoms with Gasteiger partial charge in [0, 0.05) is 67.2 Å². The molecule has 0 bridgehead atoms. The molecule has 1 aromatic carbocycles. The van der Waals surface area contributed by atoms with Crippen molar-refractivity contribution in [1.82, 2.24) is 24.9 Å². The van der Waals surface area contributed by atoms with Gasteiger partial charge in [-0.05, 0) is 36.8 Å². The number of aromatic amines is 1.